The highest BCUT2D eigenvalue weighted by Gasteiger charge is 2.37. The zero-order chi connectivity index (χ0) is 18.3. The summed E-state index contributed by atoms with van der Waals surface area (Å²) in [5.74, 6) is 0. The minimum atomic E-state index is 0.0143. The number of aromatic nitrogens is 1. The van der Waals surface area contributed by atoms with Crippen molar-refractivity contribution in [1.29, 1.82) is 0 Å². The zero-order valence-corrected chi connectivity index (χ0v) is 16.8. The molecule has 0 spiro atoms. The predicted octanol–water partition coefficient (Wildman–Crippen LogP) is 7.34. The van der Waals surface area contributed by atoms with Gasteiger partial charge in [0.15, 0.2) is 0 Å². The smallest absolute Gasteiger partial charge is 0.0545 e. The molecule has 0 saturated carbocycles. The fourth-order valence-electron chi connectivity index (χ4n) is 5.05. The van der Waals surface area contributed by atoms with Gasteiger partial charge in [0.25, 0.3) is 0 Å². The minimum absolute atomic E-state index is 0.0143. The molecule has 1 aliphatic rings. The van der Waals surface area contributed by atoms with Crippen LogP contribution in [0.1, 0.15) is 25.0 Å². The van der Waals surface area contributed by atoms with Gasteiger partial charge in [0.1, 0.15) is 0 Å². The molecule has 130 valence electrons. The SMILES string of the molecule is CC1(C)c2cccc3c2c2c1c(Br)ccc2n3-c1cccc2ccccc12. The first-order valence-electron chi connectivity index (χ1n) is 9.34. The van der Waals surface area contributed by atoms with E-state index in [2.05, 4.69) is 107 Å². The second kappa shape index (κ2) is 5.02. The van der Waals surface area contributed by atoms with Crippen molar-refractivity contribution in [2.75, 3.05) is 0 Å². The summed E-state index contributed by atoms with van der Waals surface area (Å²) in [6.07, 6.45) is 0. The van der Waals surface area contributed by atoms with Crippen LogP contribution >= 0.6 is 15.9 Å². The number of hydrogen-bond donors (Lipinski definition) is 0. The van der Waals surface area contributed by atoms with Gasteiger partial charge in [-0.2, -0.15) is 0 Å². The number of nitrogens with zero attached hydrogens (tertiary/aromatic N) is 1. The average Bonchev–Trinajstić information content (AvgIpc) is 3.13. The van der Waals surface area contributed by atoms with E-state index in [9.17, 15) is 0 Å². The van der Waals surface area contributed by atoms with Crippen molar-refractivity contribution in [1.82, 2.24) is 4.57 Å². The molecule has 0 unspecified atom stereocenters. The van der Waals surface area contributed by atoms with Crippen molar-refractivity contribution in [2.24, 2.45) is 0 Å². The Morgan fingerprint density at radius 3 is 2.37 bits per heavy atom. The Hall–Kier alpha value is -2.58. The molecule has 0 saturated heterocycles. The van der Waals surface area contributed by atoms with E-state index in [-0.39, 0.29) is 5.41 Å². The zero-order valence-electron chi connectivity index (χ0n) is 15.3. The predicted molar refractivity (Wildman–Crippen MR) is 118 cm³/mol. The van der Waals surface area contributed by atoms with Crippen molar-refractivity contribution in [2.45, 2.75) is 19.3 Å². The first kappa shape index (κ1) is 15.5. The standard InChI is InChI=1S/C25H18BrN/c1-25(2)17-10-6-12-20-22(17)23-21(14-13-18(26)24(23)25)27(20)19-11-5-8-15-7-3-4-9-16(15)19/h3-14H,1-2H3. The quantitative estimate of drug-likeness (QED) is 0.271. The molecule has 1 heterocycles. The molecular formula is C25H18BrN. The Kier molecular flexibility index (Phi) is 2.88. The van der Waals surface area contributed by atoms with Gasteiger partial charge in [-0.05, 0) is 40.8 Å². The molecule has 5 aromatic rings. The lowest BCUT2D eigenvalue weighted by Gasteiger charge is -2.25. The van der Waals surface area contributed by atoms with E-state index in [1.807, 2.05) is 0 Å². The van der Waals surface area contributed by atoms with Crippen molar-refractivity contribution >= 4 is 48.5 Å². The van der Waals surface area contributed by atoms with E-state index < -0.39 is 0 Å². The largest absolute Gasteiger partial charge is 0.309 e. The number of halogens is 1. The van der Waals surface area contributed by atoms with Crippen molar-refractivity contribution < 1.29 is 0 Å². The third-order valence-corrected chi connectivity index (χ3v) is 6.87. The third-order valence-electron chi connectivity index (χ3n) is 6.21. The molecule has 0 bridgehead atoms. The normalized spacial score (nSPS) is 14.8. The highest BCUT2D eigenvalue weighted by Crippen LogP contribution is 2.53. The van der Waals surface area contributed by atoms with Crippen LogP contribution in [0, 0.1) is 0 Å². The molecule has 6 rings (SSSR count). The summed E-state index contributed by atoms with van der Waals surface area (Å²) in [5, 5.41) is 5.36. The van der Waals surface area contributed by atoms with Crippen LogP contribution in [0.25, 0.3) is 38.3 Å². The molecule has 1 aliphatic carbocycles. The average molecular weight is 412 g/mol. The molecule has 0 amide bonds. The highest BCUT2D eigenvalue weighted by atomic mass is 79.9. The molecule has 4 aromatic carbocycles. The summed E-state index contributed by atoms with van der Waals surface area (Å²) in [4.78, 5) is 0. The second-order valence-corrected chi connectivity index (χ2v) is 8.83. The summed E-state index contributed by atoms with van der Waals surface area (Å²) in [6.45, 7) is 4.67. The maximum Gasteiger partial charge on any atom is 0.0545 e. The Morgan fingerprint density at radius 1 is 0.741 bits per heavy atom. The van der Waals surface area contributed by atoms with Gasteiger partial charge in [-0.25, -0.2) is 0 Å². The summed E-state index contributed by atoms with van der Waals surface area (Å²) >= 11 is 3.84. The van der Waals surface area contributed by atoms with Crippen molar-refractivity contribution in [3.8, 4) is 5.69 Å². The van der Waals surface area contributed by atoms with Crippen LogP contribution in [-0.2, 0) is 5.41 Å². The molecule has 2 heteroatoms. The lowest BCUT2D eigenvalue weighted by Crippen LogP contribution is -2.17. The molecular weight excluding hydrogens is 394 g/mol. The molecule has 1 aromatic heterocycles. The number of fused-ring (bicyclic) bond motifs is 1. The van der Waals surface area contributed by atoms with Crippen LogP contribution in [0.15, 0.2) is 77.3 Å². The Morgan fingerprint density at radius 2 is 1.48 bits per heavy atom. The van der Waals surface area contributed by atoms with E-state index in [0.29, 0.717) is 0 Å². The van der Waals surface area contributed by atoms with Crippen LogP contribution in [0.4, 0.5) is 0 Å². The monoisotopic (exact) mass is 411 g/mol. The second-order valence-electron chi connectivity index (χ2n) is 7.97. The van der Waals surface area contributed by atoms with Crippen LogP contribution in [-0.4, -0.2) is 4.57 Å². The Labute approximate surface area is 166 Å². The molecule has 0 fully saturated rings. The van der Waals surface area contributed by atoms with Crippen LogP contribution in [0.3, 0.4) is 0 Å². The Balaban J connectivity index is 1.88. The van der Waals surface area contributed by atoms with Crippen molar-refractivity contribution in [3.05, 3.63) is 88.4 Å². The summed E-state index contributed by atoms with van der Waals surface area (Å²) in [7, 11) is 0. The van der Waals surface area contributed by atoms with Gasteiger partial charge in [0, 0.05) is 26.0 Å². The fraction of sp³-hybridized carbons (Fsp3) is 0.120. The van der Waals surface area contributed by atoms with Gasteiger partial charge >= 0.3 is 0 Å². The summed E-state index contributed by atoms with van der Waals surface area (Å²) in [5.41, 5.74) is 6.68. The van der Waals surface area contributed by atoms with E-state index in [1.54, 1.807) is 0 Å². The van der Waals surface area contributed by atoms with Crippen LogP contribution < -0.4 is 0 Å². The van der Waals surface area contributed by atoms with Gasteiger partial charge in [-0.15, -0.1) is 0 Å². The van der Waals surface area contributed by atoms with Gasteiger partial charge < -0.3 is 4.57 Å². The van der Waals surface area contributed by atoms with E-state index >= 15 is 0 Å². The molecule has 0 N–H and O–H groups in total. The van der Waals surface area contributed by atoms with Gasteiger partial charge in [-0.3, -0.25) is 0 Å². The topological polar surface area (TPSA) is 4.93 Å². The number of hydrogen-bond acceptors (Lipinski definition) is 0. The molecule has 27 heavy (non-hydrogen) atoms. The fourth-order valence-corrected chi connectivity index (χ4v) is 5.88. The highest BCUT2D eigenvalue weighted by molar-refractivity contribution is 9.10. The lowest BCUT2D eigenvalue weighted by molar-refractivity contribution is 0.659. The Bertz CT molecular complexity index is 1400. The third kappa shape index (κ3) is 1.79. The number of benzene rings is 4. The minimum Gasteiger partial charge on any atom is -0.309 e. The number of rotatable bonds is 1. The summed E-state index contributed by atoms with van der Waals surface area (Å²) < 4.78 is 3.65. The van der Waals surface area contributed by atoms with Crippen LogP contribution in [0.2, 0.25) is 0 Å². The van der Waals surface area contributed by atoms with E-state index in [1.165, 1.54) is 53.9 Å². The van der Waals surface area contributed by atoms with Gasteiger partial charge in [-0.1, -0.05) is 78.3 Å². The maximum absolute atomic E-state index is 3.84. The summed E-state index contributed by atoms with van der Waals surface area (Å²) in [6, 6.07) is 26.5. The van der Waals surface area contributed by atoms with Gasteiger partial charge in [0.2, 0.25) is 0 Å². The maximum atomic E-state index is 3.84. The molecule has 0 radical (unpaired) electrons. The first-order valence-corrected chi connectivity index (χ1v) is 10.1. The van der Waals surface area contributed by atoms with Crippen LogP contribution in [0.5, 0.6) is 0 Å². The van der Waals surface area contributed by atoms with Crippen molar-refractivity contribution in [3.63, 3.8) is 0 Å². The van der Waals surface area contributed by atoms with Gasteiger partial charge in [0.05, 0.1) is 16.7 Å². The first-order chi connectivity index (χ1) is 13.1. The molecule has 0 aliphatic heterocycles. The van der Waals surface area contributed by atoms with E-state index in [0.717, 1.165) is 0 Å². The molecule has 1 nitrogen and oxygen atoms in total. The molecule has 0 atom stereocenters. The lowest BCUT2D eigenvalue weighted by atomic mass is 9.81. The van der Waals surface area contributed by atoms with E-state index in [4.69, 9.17) is 0 Å².